The van der Waals surface area contributed by atoms with Crippen LogP contribution in [0.3, 0.4) is 0 Å². The van der Waals surface area contributed by atoms with Gasteiger partial charge in [-0.05, 0) is 25.4 Å². The molecule has 2 rings (SSSR count). The molecule has 0 unspecified atom stereocenters. The fraction of sp³-hybridized carbons (Fsp3) is 0.400. The monoisotopic (exact) mass is 254 g/mol. The van der Waals surface area contributed by atoms with E-state index >= 15 is 0 Å². The minimum absolute atomic E-state index is 0.626. The molecule has 0 spiro atoms. The summed E-state index contributed by atoms with van der Waals surface area (Å²) in [5.41, 5.74) is 7.88. The first kappa shape index (κ1) is 11.3. The molecule has 2 N–H and O–H groups in total. The minimum atomic E-state index is 0.626. The van der Waals surface area contributed by atoms with E-state index in [1.165, 1.54) is 11.5 Å². The molecule has 0 atom stereocenters. The van der Waals surface area contributed by atoms with Crippen molar-refractivity contribution in [2.24, 2.45) is 0 Å². The van der Waals surface area contributed by atoms with Crippen LogP contribution in [0.5, 0.6) is 0 Å². The lowest BCUT2D eigenvalue weighted by Crippen LogP contribution is -2.16. The number of rotatable bonds is 3. The van der Waals surface area contributed by atoms with Crippen LogP contribution in [0.25, 0.3) is 0 Å². The molecule has 0 aliphatic rings. The van der Waals surface area contributed by atoms with Gasteiger partial charge in [0.25, 0.3) is 0 Å². The van der Waals surface area contributed by atoms with Gasteiger partial charge in [-0.25, -0.2) is 4.98 Å². The molecule has 0 aromatic carbocycles. The molecule has 0 fully saturated rings. The maximum atomic E-state index is 5.74. The Kier molecular flexibility index (Phi) is 3.11. The Labute approximate surface area is 103 Å². The third-order valence-electron chi connectivity index (χ3n) is 2.35. The highest BCUT2D eigenvalue weighted by Crippen LogP contribution is 2.29. The standard InChI is InChI=1S/C10H14N4S2/c1-6-9(11)13-16-10(6)14(3)4-8-5-15-7(2)12-8/h5H,4H2,1-3H3,(H2,11,13). The van der Waals surface area contributed by atoms with E-state index in [-0.39, 0.29) is 0 Å². The number of aromatic nitrogens is 2. The fourth-order valence-corrected chi connectivity index (χ4v) is 2.86. The Morgan fingerprint density at radius 2 is 2.19 bits per heavy atom. The molecule has 2 aromatic heterocycles. The van der Waals surface area contributed by atoms with E-state index in [0.29, 0.717) is 5.82 Å². The average Bonchev–Trinajstić information content (AvgIpc) is 2.76. The van der Waals surface area contributed by atoms with Gasteiger partial charge >= 0.3 is 0 Å². The first-order chi connectivity index (χ1) is 7.58. The van der Waals surface area contributed by atoms with Crippen molar-refractivity contribution in [3.8, 4) is 0 Å². The highest BCUT2D eigenvalue weighted by molar-refractivity contribution is 7.10. The number of hydrogen-bond donors (Lipinski definition) is 1. The molecule has 0 radical (unpaired) electrons. The summed E-state index contributed by atoms with van der Waals surface area (Å²) < 4.78 is 4.14. The van der Waals surface area contributed by atoms with E-state index in [9.17, 15) is 0 Å². The zero-order valence-corrected chi connectivity index (χ0v) is 11.2. The Morgan fingerprint density at radius 1 is 1.44 bits per heavy atom. The predicted molar refractivity (Wildman–Crippen MR) is 70.2 cm³/mol. The second-order valence-electron chi connectivity index (χ2n) is 3.71. The maximum Gasteiger partial charge on any atom is 0.142 e. The van der Waals surface area contributed by atoms with E-state index in [4.69, 9.17) is 5.73 Å². The number of anilines is 2. The van der Waals surface area contributed by atoms with E-state index in [0.717, 1.165) is 27.8 Å². The van der Waals surface area contributed by atoms with Crippen molar-refractivity contribution < 1.29 is 0 Å². The summed E-state index contributed by atoms with van der Waals surface area (Å²) in [4.78, 5) is 6.58. The molecule has 2 heterocycles. The zero-order valence-electron chi connectivity index (χ0n) is 9.52. The van der Waals surface area contributed by atoms with E-state index in [1.54, 1.807) is 11.3 Å². The quantitative estimate of drug-likeness (QED) is 0.914. The predicted octanol–water partition coefficient (Wildman–Crippen LogP) is 2.44. The van der Waals surface area contributed by atoms with Gasteiger partial charge < -0.3 is 10.6 Å². The van der Waals surface area contributed by atoms with Crippen LogP contribution < -0.4 is 10.6 Å². The third-order valence-corrected chi connectivity index (χ3v) is 4.25. The number of thiazole rings is 1. The normalized spacial score (nSPS) is 10.7. The molecule has 0 saturated heterocycles. The van der Waals surface area contributed by atoms with Crippen LogP contribution in [-0.4, -0.2) is 16.4 Å². The van der Waals surface area contributed by atoms with Gasteiger partial charge in [0, 0.05) is 18.0 Å². The van der Waals surface area contributed by atoms with Crippen LogP contribution in [0, 0.1) is 13.8 Å². The minimum Gasteiger partial charge on any atom is -0.383 e. The number of nitrogen functional groups attached to an aromatic ring is 1. The van der Waals surface area contributed by atoms with E-state index < -0.39 is 0 Å². The van der Waals surface area contributed by atoms with Gasteiger partial charge in [-0.2, -0.15) is 4.37 Å². The van der Waals surface area contributed by atoms with E-state index in [1.807, 2.05) is 20.9 Å². The largest absolute Gasteiger partial charge is 0.383 e. The van der Waals surface area contributed by atoms with Crippen LogP contribution in [0.15, 0.2) is 5.38 Å². The van der Waals surface area contributed by atoms with Gasteiger partial charge in [-0.1, -0.05) is 0 Å². The molecule has 0 amide bonds. The van der Waals surface area contributed by atoms with Gasteiger partial charge in [0.2, 0.25) is 0 Å². The summed E-state index contributed by atoms with van der Waals surface area (Å²) in [6.45, 7) is 4.81. The average molecular weight is 254 g/mol. The Hall–Kier alpha value is -1.14. The summed E-state index contributed by atoms with van der Waals surface area (Å²) >= 11 is 3.11. The van der Waals surface area contributed by atoms with Crippen LogP contribution in [0.1, 0.15) is 16.3 Å². The van der Waals surface area contributed by atoms with Crippen molar-refractivity contribution in [3.05, 3.63) is 21.6 Å². The summed E-state index contributed by atoms with van der Waals surface area (Å²) in [5.74, 6) is 0.626. The lowest BCUT2D eigenvalue weighted by Gasteiger charge is -2.16. The van der Waals surface area contributed by atoms with Crippen LogP contribution in [0.2, 0.25) is 0 Å². The molecular formula is C10H14N4S2. The topological polar surface area (TPSA) is 55.0 Å². The van der Waals surface area contributed by atoms with Gasteiger partial charge in [0.15, 0.2) is 0 Å². The molecule has 6 heteroatoms. The number of nitrogens with two attached hydrogens (primary N) is 1. The zero-order chi connectivity index (χ0) is 11.7. The molecule has 2 aromatic rings. The van der Waals surface area contributed by atoms with Gasteiger partial charge in [0.1, 0.15) is 10.8 Å². The lowest BCUT2D eigenvalue weighted by atomic mass is 10.3. The Bertz CT molecular complexity index is 489. The highest BCUT2D eigenvalue weighted by atomic mass is 32.1. The van der Waals surface area contributed by atoms with Crippen molar-refractivity contribution in [1.82, 2.24) is 9.36 Å². The van der Waals surface area contributed by atoms with Crippen LogP contribution >= 0.6 is 22.9 Å². The molecule has 16 heavy (non-hydrogen) atoms. The van der Waals surface area contributed by atoms with Crippen LogP contribution in [-0.2, 0) is 6.54 Å². The van der Waals surface area contributed by atoms with Crippen molar-refractivity contribution in [2.45, 2.75) is 20.4 Å². The first-order valence-corrected chi connectivity index (χ1v) is 6.57. The molecule has 4 nitrogen and oxygen atoms in total. The summed E-state index contributed by atoms with van der Waals surface area (Å²) in [6, 6.07) is 0. The summed E-state index contributed by atoms with van der Waals surface area (Å²) in [5, 5.41) is 4.30. The summed E-state index contributed by atoms with van der Waals surface area (Å²) in [6.07, 6.45) is 0. The van der Waals surface area contributed by atoms with Gasteiger partial charge in [-0.15, -0.1) is 11.3 Å². The Balaban J connectivity index is 2.14. The van der Waals surface area contributed by atoms with Crippen molar-refractivity contribution in [2.75, 3.05) is 17.7 Å². The molecule has 0 aliphatic heterocycles. The number of hydrogen-bond acceptors (Lipinski definition) is 6. The second-order valence-corrected chi connectivity index (χ2v) is 5.53. The lowest BCUT2D eigenvalue weighted by molar-refractivity contribution is 0.896. The summed E-state index contributed by atoms with van der Waals surface area (Å²) in [7, 11) is 2.04. The van der Waals surface area contributed by atoms with Crippen molar-refractivity contribution in [3.63, 3.8) is 0 Å². The number of aryl methyl sites for hydroxylation is 1. The van der Waals surface area contributed by atoms with E-state index in [2.05, 4.69) is 19.6 Å². The molecule has 86 valence electrons. The molecule has 0 bridgehead atoms. The smallest absolute Gasteiger partial charge is 0.142 e. The fourth-order valence-electron chi connectivity index (χ4n) is 1.49. The second kappa shape index (κ2) is 4.39. The maximum absolute atomic E-state index is 5.74. The molecular weight excluding hydrogens is 240 g/mol. The van der Waals surface area contributed by atoms with Crippen molar-refractivity contribution >= 4 is 33.7 Å². The first-order valence-electron chi connectivity index (χ1n) is 4.92. The molecule has 0 saturated carbocycles. The number of nitrogens with zero attached hydrogens (tertiary/aromatic N) is 3. The highest BCUT2D eigenvalue weighted by Gasteiger charge is 2.12. The van der Waals surface area contributed by atoms with Crippen molar-refractivity contribution in [1.29, 1.82) is 0 Å². The van der Waals surface area contributed by atoms with Crippen LogP contribution in [0.4, 0.5) is 10.8 Å². The SMILES string of the molecule is Cc1nc(CN(C)c2snc(N)c2C)cs1. The third kappa shape index (κ3) is 2.17. The molecule has 0 aliphatic carbocycles. The van der Waals surface area contributed by atoms with Gasteiger partial charge in [-0.3, -0.25) is 0 Å². The van der Waals surface area contributed by atoms with Gasteiger partial charge in [0.05, 0.1) is 17.2 Å². The Morgan fingerprint density at radius 3 is 2.69 bits per heavy atom.